The van der Waals surface area contributed by atoms with E-state index in [2.05, 4.69) is 0 Å². The average Bonchev–Trinajstić information content (AvgIpc) is 2.24. The Morgan fingerprint density at radius 3 is 2.75 bits per heavy atom. The lowest BCUT2D eigenvalue weighted by Crippen LogP contribution is -2.51. The Labute approximate surface area is 91.0 Å². The van der Waals surface area contributed by atoms with E-state index in [0.717, 1.165) is 6.07 Å². The zero-order chi connectivity index (χ0) is 11.7. The van der Waals surface area contributed by atoms with Crippen molar-refractivity contribution in [2.75, 3.05) is 7.11 Å². The third-order valence-corrected chi connectivity index (χ3v) is 2.51. The van der Waals surface area contributed by atoms with Crippen molar-refractivity contribution in [2.45, 2.75) is 18.6 Å². The van der Waals surface area contributed by atoms with Crippen LogP contribution in [0.2, 0.25) is 0 Å². The second-order valence-electron chi connectivity index (χ2n) is 3.53. The molecule has 1 aliphatic carbocycles. The molecule has 0 N–H and O–H groups in total. The summed E-state index contributed by atoms with van der Waals surface area (Å²) in [5, 5.41) is 0. The Morgan fingerprint density at radius 1 is 1.38 bits per heavy atom. The van der Waals surface area contributed by atoms with Gasteiger partial charge in [0.2, 0.25) is 5.82 Å². The highest BCUT2D eigenvalue weighted by molar-refractivity contribution is 5.90. The molecule has 86 valence electrons. The van der Waals surface area contributed by atoms with E-state index in [9.17, 15) is 13.6 Å². The first kappa shape index (κ1) is 11.0. The van der Waals surface area contributed by atoms with Crippen molar-refractivity contribution in [3.8, 4) is 5.75 Å². The number of ketones is 1. The second-order valence-corrected chi connectivity index (χ2v) is 3.53. The van der Waals surface area contributed by atoms with Crippen molar-refractivity contribution in [2.24, 2.45) is 0 Å². The molecule has 2 rings (SSSR count). The zero-order valence-electron chi connectivity index (χ0n) is 8.57. The number of ether oxygens (including phenoxy) is 2. The molecule has 1 aromatic rings. The standard InChI is InChI=1S/C11H10F2O3/c1-15-11-7(14)5-9(11)16-8-4-2-3-6(12)10(8)13/h2-4,9,11H,5H2,1H3. The first-order valence-electron chi connectivity index (χ1n) is 4.79. The Balaban J connectivity index is 2.10. The maximum absolute atomic E-state index is 13.2. The summed E-state index contributed by atoms with van der Waals surface area (Å²) in [6.07, 6.45) is -1.05. The van der Waals surface area contributed by atoms with Crippen LogP contribution in [-0.2, 0) is 9.53 Å². The van der Waals surface area contributed by atoms with Gasteiger partial charge in [0.1, 0.15) is 6.10 Å². The molecule has 0 bridgehead atoms. The van der Waals surface area contributed by atoms with Crippen LogP contribution in [0, 0.1) is 11.6 Å². The van der Waals surface area contributed by atoms with Crippen LogP contribution < -0.4 is 4.74 Å². The number of methoxy groups -OCH3 is 1. The van der Waals surface area contributed by atoms with Crippen molar-refractivity contribution in [1.82, 2.24) is 0 Å². The lowest BCUT2D eigenvalue weighted by molar-refractivity contribution is -0.151. The number of benzene rings is 1. The molecule has 1 fully saturated rings. The van der Waals surface area contributed by atoms with Gasteiger partial charge in [0.15, 0.2) is 23.5 Å². The van der Waals surface area contributed by atoms with Crippen LogP contribution in [0.3, 0.4) is 0 Å². The van der Waals surface area contributed by atoms with Gasteiger partial charge in [-0.2, -0.15) is 4.39 Å². The highest BCUT2D eigenvalue weighted by Gasteiger charge is 2.42. The maximum atomic E-state index is 13.2. The first-order valence-corrected chi connectivity index (χ1v) is 4.79. The number of rotatable bonds is 3. The molecule has 0 spiro atoms. The van der Waals surface area contributed by atoms with Crippen LogP contribution in [0.25, 0.3) is 0 Å². The molecule has 0 amide bonds. The third kappa shape index (κ3) is 1.78. The summed E-state index contributed by atoms with van der Waals surface area (Å²) >= 11 is 0. The van der Waals surface area contributed by atoms with Crippen molar-refractivity contribution in [1.29, 1.82) is 0 Å². The predicted molar refractivity (Wildman–Crippen MR) is 51.2 cm³/mol. The van der Waals surface area contributed by atoms with Crippen molar-refractivity contribution in [3.63, 3.8) is 0 Å². The monoisotopic (exact) mass is 228 g/mol. The van der Waals surface area contributed by atoms with E-state index in [4.69, 9.17) is 9.47 Å². The van der Waals surface area contributed by atoms with Gasteiger partial charge in [-0.15, -0.1) is 0 Å². The van der Waals surface area contributed by atoms with Crippen LogP contribution in [0.1, 0.15) is 6.42 Å². The van der Waals surface area contributed by atoms with Gasteiger partial charge in [-0.05, 0) is 12.1 Å². The summed E-state index contributed by atoms with van der Waals surface area (Å²) in [5.74, 6) is -2.31. The number of halogens is 2. The molecule has 5 heteroatoms. The lowest BCUT2D eigenvalue weighted by atomic mass is 9.90. The summed E-state index contributed by atoms with van der Waals surface area (Å²) < 4.78 is 36.1. The summed E-state index contributed by atoms with van der Waals surface area (Å²) in [6.45, 7) is 0. The SMILES string of the molecule is COC1C(=O)CC1Oc1cccc(F)c1F. The third-order valence-electron chi connectivity index (χ3n) is 2.51. The molecule has 0 heterocycles. The Kier molecular flexibility index (Phi) is 2.87. The van der Waals surface area contributed by atoms with E-state index >= 15 is 0 Å². The summed E-state index contributed by atoms with van der Waals surface area (Å²) in [7, 11) is 1.38. The summed E-state index contributed by atoms with van der Waals surface area (Å²) in [6, 6.07) is 3.66. The van der Waals surface area contributed by atoms with Gasteiger partial charge in [-0.1, -0.05) is 6.07 Å². The van der Waals surface area contributed by atoms with Gasteiger partial charge in [0.25, 0.3) is 0 Å². The normalized spacial score (nSPS) is 24.1. The minimum absolute atomic E-state index is 0.0932. The van der Waals surface area contributed by atoms with Crippen molar-refractivity contribution >= 4 is 5.78 Å². The molecule has 0 saturated heterocycles. The highest BCUT2D eigenvalue weighted by atomic mass is 19.2. The van der Waals surface area contributed by atoms with Gasteiger partial charge in [-0.25, -0.2) is 4.39 Å². The lowest BCUT2D eigenvalue weighted by Gasteiger charge is -2.33. The van der Waals surface area contributed by atoms with E-state index < -0.39 is 23.8 Å². The molecule has 1 aliphatic rings. The Bertz CT molecular complexity index is 420. The van der Waals surface area contributed by atoms with Crippen LogP contribution in [0.15, 0.2) is 18.2 Å². The van der Waals surface area contributed by atoms with Gasteiger partial charge < -0.3 is 9.47 Å². The highest BCUT2D eigenvalue weighted by Crippen LogP contribution is 2.27. The minimum atomic E-state index is -1.04. The number of hydrogen-bond donors (Lipinski definition) is 0. The van der Waals surface area contributed by atoms with E-state index in [1.54, 1.807) is 0 Å². The molecule has 0 aliphatic heterocycles. The van der Waals surface area contributed by atoms with Gasteiger partial charge >= 0.3 is 0 Å². The molecule has 1 aromatic carbocycles. The fourth-order valence-electron chi connectivity index (χ4n) is 1.59. The molecular formula is C11H10F2O3. The molecule has 2 atom stereocenters. The largest absolute Gasteiger partial charge is 0.484 e. The molecule has 0 radical (unpaired) electrons. The van der Waals surface area contributed by atoms with Crippen molar-refractivity contribution in [3.05, 3.63) is 29.8 Å². The predicted octanol–water partition coefficient (Wildman–Crippen LogP) is 1.70. The minimum Gasteiger partial charge on any atom is -0.484 e. The quantitative estimate of drug-likeness (QED) is 0.789. The van der Waals surface area contributed by atoms with Crippen LogP contribution in [0.4, 0.5) is 8.78 Å². The smallest absolute Gasteiger partial charge is 0.200 e. The molecule has 0 aromatic heterocycles. The maximum Gasteiger partial charge on any atom is 0.200 e. The fourth-order valence-corrected chi connectivity index (χ4v) is 1.59. The number of Topliss-reactive ketones (excluding diaryl/α,β-unsaturated/α-hetero) is 1. The Hall–Kier alpha value is -1.49. The molecule has 2 unspecified atom stereocenters. The average molecular weight is 228 g/mol. The van der Waals surface area contributed by atoms with E-state index in [1.165, 1.54) is 19.2 Å². The fraction of sp³-hybridized carbons (Fsp3) is 0.364. The number of hydrogen-bond acceptors (Lipinski definition) is 3. The van der Waals surface area contributed by atoms with Crippen molar-refractivity contribution < 1.29 is 23.0 Å². The summed E-state index contributed by atoms with van der Waals surface area (Å²) in [4.78, 5) is 11.0. The second kappa shape index (κ2) is 4.17. The van der Waals surface area contributed by atoms with Gasteiger partial charge in [-0.3, -0.25) is 4.79 Å². The Morgan fingerprint density at radius 2 is 2.12 bits per heavy atom. The van der Waals surface area contributed by atoms with Crippen LogP contribution >= 0.6 is 0 Å². The van der Waals surface area contributed by atoms with Gasteiger partial charge in [0, 0.05) is 13.5 Å². The van der Waals surface area contributed by atoms with Crippen LogP contribution in [-0.4, -0.2) is 25.1 Å². The molecule has 16 heavy (non-hydrogen) atoms. The summed E-state index contributed by atoms with van der Waals surface area (Å²) in [5.41, 5.74) is 0. The van der Waals surface area contributed by atoms with Crippen LogP contribution in [0.5, 0.6) is 5.75 Å². The van der Waals surface area contributed by atoms with E-state index in [1.807, 2.05) is 0 Å². The number of carbonyl (C=O) groups excluding carboxylic acids is 1. The first-order chi connectivity index (χ1) is 7.63. The molecular weight excluding hydrogens is 218 g/mol. The zero-order valence-corrected chi connectivity index (χ0v) is 8.57. The molecule has 3 nitrogen and oxygen atoms in total. The van der Waals surface area contributed by atoms with Gasteiger partial charge in [0.05, 0.1) is 0 Å². The molecule has 1 saturated carbocycles. The topological polar surface area (TPSA) is 35.5 Å². The van der Waals surface area contributed by atoms with E-state index in [0.29, 0.717) is 0 Å². The van der Waals surface area contributed by atoms with E-state index in [-0.39, 0.29) is 18.0 Å². The number of carbonyl (C=O) groups is 1.